The van der Waals surface area contributed by atoms with Crippen molar-refractivity contribution in [3.05, 3.63) is 59.2 Å². The second-order valence-corrected chi connectivity index (χ2v) is 5.83. The zero-order valence-electron chi connectivity index (χ0n) is 12.9. The van der Waals surface area contributed by atoms with E-state index < -0.39 is 0 Å². The largest absolute Gasteiger partial charge is 0.100 e. The molecule has 0 amide bonds. The van der Waals surface area contributed by atoms with Crippen LogP contribution in [0.3, 0.4) is 0 Å². The van der Waals surface area contributed by atoms with E-state index in [0.29, 0.717) is 0 Å². The van der Waals surface area contributed by atoms with Gasteiger partial charge in [-0.25, -0.2) is 0 Å². The molecule has 0 aliphatic rings. The molecular formula is C19H28. The number of allylic oxidation sites excluding steroid dienone is 2. The lowest BCUT2D eigenvalue weighted by Gasteiger charge is -2.07. The molecule has 0 radical (unpaired) electrons. The van der Waals surface area contributed by atoms with Crippen molar-refractivity contribution < 1.29 is 0 Å². The first kappa shape index (κ1) is 15.8. The van der Waals surface area contributed by atoms with Crippen LogP contribution in [0.2, 0.25) is 0 Å². The Morgan fingerprint density at radius 2 is 1.63 bits per heavy atom. The molecule has 0 unspecified atom stereocenters. The minimum Gasteiger partial charge on any atom is -0.100 e. The molecule has 0 saturated heterocycles. The highest BCUT2D eigenvalue weighted by atomic mass is 14.1. The van der Waals surface area contributed by atoms with E-state index in [1.807, 2.05) is 0 Å². The molecule has 19 heavy (non-hydrogen) atoms. The van der Waals surface area contributed by atoms with E-state index in [-0.39, 0.29) is 0 Å². The quantitative estimate of drug-likeness (QED) is 0.506. The highest BCUT2D eigenvalue weighted by molar-refractivity contribution is 5.29. The highest BCUT2D eigenvalue weighted by Gasteiger charge is 1.99. The van der Waals surface area contributed by atoms with Gasteiger partial charge < -0.3 is 0 Å². The van der Waals surface area contributed by atoms with Gasteiger partial charge in [0.2, 0.25) is 0 Å². The van der Waals surface area contributed by atoms with Gasteiger partial charge in [0.25, 0.3) is 0 Å². The van der Waals surface area contributed by atoms with Crippen LogP contribution in [-0.4, -0.2) is 0 Å². The summed E-state index contributed by atoms with van der Waals surface area (Å²) < 4.78 is 0. The molecule has 0 heterocycles. The number of aryl methyl sites for hydroxylation is 3. The lowest BCUT2D eigenvalue weighted by atomic mass is 9.99. The van der Waals surface area contributed by atoms with Gasteiger partial charge in [-0.3, -0.25) is 0 Å². The molecule has 104 valence electrons. The second kappa shape index (κ2) is 7.99. The zero-order chi connectivity index (χ0) is 14.3. The summed E-state index contributed by atoms with van der Waals surface area (Å²) in [6.45, 7) is 14.6. The predicted octanol–water partition coefficient (Wildman–Crippen LogP) is 5.93. The van der Waals surface area contributed by atoms with E-state index in [1.54, 1.807) is 0 Å². The van der Waals surface area contributed by atoms with Crippen molar-refractivity contribution in [3.8, 4) is 0 Å². The number of benzene rings is 1. The van der Waals surface area contributed by atoms with E-state index in [1.165, 1.54) is 47.1 Å². The molecule has 0 aliphatic carbocycles. The molecule has 0 bridgehead atoms. The first-order chi connectivity index (χ1) is 8.99. The normalized spacial score (nSPS) is 10.5. The van der Waals surface area contributed by atoms with Crippen LogP contribution in [0.4, 0.5) is 0 Å². The van der Waals surface area contributed by atoms with Crippen molar-refractivity contribution in [2.45, 2.75) is 59.3 Å². The molecule has 0 aliphatic heterocycles. The van der Waals surface area contributed by atoms with Gasteiger partial charge in [0.15, 0.2) is 0 Å². The average Bonchev–Trinajstić information content (AvgIpc) is 2.33. The van der Waals surface area contributed by atoms with E-state index in [4.69, 9.17) is 0 Å². The summed E-state index contributed by atoms with van der Waals surface area (Å²) in [6, 6.07) is 6.80. The van der Waals surface area contributed by atoms with Crippen LogP contribution < -0.4 is 0 Å². The number of hydrogen-bond acceptors (Lipinski definition) is 0. The molecule has 0 saturated carbocycles. The van der Waals surface area contributed by atoms with Crippen LogP contribution in [-0.2, 0) is 6.42 Å². The number of hydrogen-bond donors (Lipinski definition) is 0. The third-order valence-corrected chi connectivity index (χ3v) is 3.70. The fourth-order valence-electron chi connectivity index (χ4n) is 2.27. The SMILES string of the molecule is C=C(C)CCCC(=C)CCCc1ccc(C)c(C)c1. The molecule has 0 aromatic heterocycles. The first-order valence-electron chi connectivity index (χ1n) is 7.36. The first-order valence-corrected chi connectivity index (χ1v) is 7.36. The Labute approximate surface area is 119 Å². The van der Waals surface area contributed by atoms with Crippen LogP contribution in [0.15, 0.2) is 42.5 Å². The minimum absolute atomic E-state index is 1.14. The molecule has 0 fully saturated rings. The van der Waals surface area contributed by atoms with Crippen LogP contribution in [0.25, 0.3) is 0 Å². The van der Waals surface area contributed by atoms with E-state index in [0.717, 1.165) is 19.3 Å². The lowest BCUT2D eigenvalue weighted by molar-refractivity contribution is 0.732. The monoisotopic (exact) mass is 256 g/mol. The van der Waals surface area contributed by atoms with Gasteiger partial charge in [0.1, 0.15) is 0 Å². The molecule has 0 heteroatoms. The Kier molecular flexibility index (Phi) is 6.62. The van der Waals surface area contributed by atoms with Gasteiger partial charge in [0.05, 0.1) is 0 Å². The van der Waals surface area contributed by atoms with Gasteiger partial charge in [-0.05, 0) is 76.0 Å². The minimum atomic E-state index is 1.14. The molecular weight excluding hydrogens is 228 g/mol. The van der Waals surface area contributed by atoms with Crippen molar-refractivity contribution in [1.29, 1.82) is 0 Å². The number of rotatable bonds is 8. The summed E-state index contributed by atoms with van der Waals surface area (Å²) in [7, 11) is 0. The van der Waals surface area contributed by atoms with Crippen molar-refractivity contribution >= 4 is 0 Å². The third kappa shape index (κ3) is 6.42. The van der Waals surface area contributed by atoms with Gasteiger partial charge in [-0.1, -0.05) is 35.9 Å². The topological polar surface area (TPSA) is 0 Å². The summed E-state index contributed by atoms with van der Waals surface area (Å²) >= 11 is 0. The van der Waals surface area contributed by atoms with Crippen molar-refractivity contribution in [3.63, 3.8) is 0 Å². The molecule has 0 nitrogen and oxygen atoms in total. The summed E-state index contributed by atoms with van der Waals surface area (Å²) in [5.74, 6) is 0. The van der Waals surface area contributed by atoms with Gasteiger partial charge >= 0.3 is 0 Å². The van der Waals surface area contributed by atoms with E-state index in [2.05, 4.69) is 52.1 Å². The zero-order valence-corrected chi connectivity index (χ0v) is 12.9. The Morgan fingerprint density at radius 1 is 0.947 bits per heavy atom. The fourth-order valence-corrected chi connectivity index (χ4v) is 2.27. The van der Waals surface area contributed by atoms with Crippen LogP contribution >= 0.6 is 0 Å². The molecule has 1 aromatic rings. The Bertz CT molecular complexity index is 437. The van der Waals surface area contributed by atoms with Crippen molar-refractivity contribution in [2.24, 2.45) is 0 Å². The van der Waals surface area contributed by atoms with Gasteiger partial charge in [-0.2, -0.15) is 0 Å². The van der Waals surface area contributed by atoms with Crippen LogP contribution in [0, 0.1) is 13.8 Å². The summed E-state index contributed by atoms with van der Waals surface area (Å²) in [6.07, 6.45) is 7.03. The average molecular weight is 256 g/mol. The van der Waals surface area contributed by atoms with Gasteiger partial charge in [-0.15, -0.1) is 6.58 Å². The van der Waals surface area contributed by atoms with Gasteiger partial charge in [0, 0.05) is 0 Å². The lowest BCUT2D eigenvalue weighted by Crippen LogP contribution is -1.91. The van der Waals surface area contributed by atoms with E-state index >= 15 is 0 Å². The Morgan fingerprint density at radius 3 is 2.26 bits per heavy atom. The fraction of sp³-hybridized carbons (Fsp3) is 0.474. The Hall–Kier alpha value is -1.30. The van der Waals surface area contributed by atoms with Crippen molar-refractivity contribution in [2.75, 3.05) is 0 Å². The molecule has 1 aromatic carbocycles. The predicted molar refractivity (Wildman–Crippen MR) is 86.7 cm³/mol. The smallest absolute Gasteiger partial charge is 0.0276 e. The Balaban J connectivity index is 2.24. The maximum absolute atomic E-state index is 4.18. The molecule has 0 spiro atoms. The maximum Gasteiger partial charge on any atom is -0.0276 e. The van der Waals surface area contributed by atoms with E-state index in [9.17, 15) is 0 Å². The highest BCUT2D eigenvalue weighted by Crippen LogP contribution is 2.17. The second-order valence-electron chi connectivity index (χ2n) is 5.83. The third-order valence-electron chi connectivity index (χ3n) is 3.70. The standard InChI is InChI=1S/C19H28/c1-15(2)8-6-9-16(3)10-7-11-19-13-12-17(4)18(5)14-19/h12-14H,1,3,6-11H2,2,4-5H3. The molecule has 0 N–H and O–H groups in total. The molecule has 1 rings (SSSR count). The van der Waals surface area contributed by atoms with Crippen LogP contribution in [0.5, 0.6) is 0 Å². The maximum atomic E-state index is 4.18. The van der Waals surface area contributed by atoms with Crippen LogP contribution in [0.1, 0.15) is 55.7 Å². The summed E-state index contributed by atoms with van der Waals surface area (Å²) in [4.78, 5) is 0. The van der Waals surface area contributed by atoms with Crippen molar-refractivity contribution in [1.82, 2.24) is 0 Å². The molecule has 0 atom stereocenters. The summed E-state index contributed by atoms with van der Waals surface area (Å²) in [5, 5.41) is 0. The summed E-state index contributed by atoms with van der Waals surface area (Å²) in [5.41, 5.74) is 6.91.